The summed E-state index contributed by atoms with van der Waals surface area (Å²) in [6.45, 7) is 7.78. The molecule has 1 aliphatic rings. The average Bonchev–Trinajstić information content (AvgIpc) is 3.36. The van der Waals surface area contributed by atoms with E-state index in [2.05, 4.69) is 65.1 Å². The molecule has 0 bridgehead atoms. The summed E-state index contributed by atoms with van der Waals surface area (Å²) in [7, 11) is 1.94. The molecule has 0 spiro atoms. The fraction of sp³-hybridized carbons (Fsp3) is 0.286. The summed E-state index contributed by atoms with van der Waals surface area (Å²) < 4.78 is 2.01. The lowest BCUT2D eigenvalue weighted by molar-refractivity contribution is 0.662. The van der Waals surface area contributed by atoms with Crippen molar-refractivity contribution in [3.63, 3.8) is 0 Å². The molecular formula is C21H27N5. The highest BCUT2D eigenvalue weighted by Crippen LogP contribution is 2.37. The SMILES string of the molecule is CC.CCn1cc(C2=CCNc3[nH]ccc32)c(-c2cccc(NC)c2)n1. The second-order valence-corrected chi connectivity index (χ2v) is 5.84. The zero-order valence-corrected chi connectivity index (χ0v) is 15.9. The molecule has 0 amide bonds. The molecule has 0 fully saturated rings. The summed E-state index contributed by atoms with van der Waals surface area (Å²) >= 11 is 0. The van der Waals surface area contributed by atoms with E-state index in [1.807, 2.05) is 31.8 Å². The number of anilines is 2. The highest BCUT2D eigenvalue weighted by molar-refractivity contribution is 5.92. The van der Waals surface area contributed by atoms with E-state index in [1.165, 1.54) is 16.7 Å². The number of H-pyrrole nitrogens is 1. The quantitative estimate of drug-likeness (QED) is 0.633. The molecule has 136 valence electrons. The lowest BCUT2D eigenvalue weighted by Gasteiger charge is -2.16. The van der Waals surface area contributed by atoms with Gasteiger partial charge in [0.2, 0.25) is 0 Å². The minimum atomic E-state index is 0.816. The number of nitrogens with one attached hydrogen (secondary N) is 3. The molecule has 2 aromatic heterocycles. The minimum Gasteiger partial charge on any atom is -0.388 e. The molecule has 0 unspecified atom stereocenters. The first-order chi connectivity index (χ1) is 12.8. The average molecular weight is 349 g/mol. The maximum Gasteiger partial charge on any atom is 0.111 e. The molecule has 0 aliphatic carbocycles. The normalized spacial score (nSPS) is 12.4. The number of aryl methyl sites for hydroxylation is 1. The molecule has 3 N–H and O–H groups in total. The number of aromatic nitrogens is 3. The maximum absolute atomic E-state index is 4.82. The largest absolute Gasteiger partial charge is 0.388 e. The van der Waals surface area contributed by atoms with Crippen LogP contribution in [0.15, 0.2) is 48.8 Å². The lowest BCUT2D eigenvalue weighted by Crippen LogP contribution is -2.07. The van der Waals surface area contributed by atoms with Crippen molar-refractivity contribution >= 4 is 17.1 Å². The van der Waals surface area contributed by atoms with Gasteiger partial charge in [-0.15, -0.1) is 0 Å². The van der Waals surface area contributed by atoms with Gasteiger partial charge >= 0.3 is 0 Å². The molecule has 26 heavy (non-hydrogen) atoms. The lowest BCUT2D eigenvalue weighted by atomic mass is 9.95. The predicted octanol–water partition coefficient (Wildman–Crippen LogP) is 4.82. The molecule has 0 radical (unpaired) electrons. The molecule has 5 heteroatoms. The maximum atomic E-state index is 4.82. The van der Waals surface area contributed by atoms with Crippen LogP contribution in [0.3, 0.4) is 0 Å². The van der Waals surface area contributed by atoms with E-state index >= 15 is 0 Å². The Balaban J connectivity index is 0.000000948. The van der Waals surface area contributed by atoms with Crippen molar-refractivity contribution in [3.8, 4) is 11.3 Å². The Morgan fingerprint density at radius 2 is 2.04 bits per heavy atom. The van der Waals surface area contributed by atoms with E-state index in [0.717, 1.165) is 35.9 Å². The van der Waals surface area contributed by atoms with Crippen LogP contribution in [0.4, 0.5) is 11.5 Å². The van der Waals surface area contributed by atoms with Gasteiger partial charge in [0.25, 0.3) is 0 Å². The second kappa shape index (κ2) is 7.95. The second-order valence-electron chi connectivity index (χ2n) is 5.84. The van der Waals surface area contributed by atoms with E-state index in [0.29, 0.717) is 0 Å². The van der Waals surface area contributed by atoms with Crippen molar-refractivity contribution in [2.45, 2.75) is 27.3 Å². The van der Waals surface area contributed by atoms with Gasteiger partial charge in [0, 0.05) is 54.9 Å². The Labute approximate surface area is 155 Å². The highest BCUT2D eigenvalue weighted by atomic mass is 15.3. The number of nitrogens with zero attached hydrogens (tertiary/aromatic N) is 2. The predicted molar refractivity (Wildman–Crippen MR) is 111 cm³/mol. The Hall–Kier alpha value is -2.95. The Bertz CT molecular complexity index is 901. The van der Waals surface area contributed by atoms with Crippen molar-refractivity contribution in [1.82, 2.24) is 14.8 Å². The van der Waals surface area contributed by atoms with Gasteiger partial charge in [0.1, 0.15) is 11.5 Å². The molecule has 0 saturated carbocycles. The third-order valence-corrected chi connectivity index (χ3v) is 4.42. The Kier molecular flexibility index (Phi) is 5.46. The van der Waals surface area contributed by atoms with Crippen LogP contribution in [0.25, 0.3) is 16.8 Å². The Morgan fingerprint density at radius 1 is 1.19 bits per heavy atom. The Morgan fingerprint density at radius 3 is 2.81 bits per heavy atom. The standard InChI is InChI=1S/C19H21N5.C2H6/c1-3-24-12-17(15-7-9-21-19-16(15)8-10-22-19)18(23-24)13-5-4-6-14(11-13)20-2;1-2/h4-8,10-12,20-22H,3,9H2,1-2H3;1-2H3. The third kappa shape index (κ3) is 3.25. The molecule has 4 rings (SSSR count). The van der Waals surface area contributed by atoms with Crippen LogP contribution in [0.2, 0.25) is 0 Å². The number of benzene rings is 1. The number of rotatable bonds is 4. The van der Waals surface area contributed by atoms with Crippen LogP contribution in [-0.2, 0) is 6.54 Å². The first-order valence-corrected chi connectivity index (χ1v) is 9.28. The van der Waals surface area contributed by atoms with Crippen molar-refractivity contribution in [3.05, 3.63) is 59.9 Å². The smallest absolute Gasteiger partial charge is 0.111 e. The summed E-state index contributed by atoms with van der Waals surface area (Å²) in [5.74, 6) is 1.08. The van der Waals surface area contributed by atoms with Crippen LogP contribution in [0.1, 0.15) is 31.9 Å². The summed E-state index contributed by atoms with van der Waals surface area (Å²) in [5, 5.41) is 11.4. The van der Waals surface area contributed by atoms with Gasteiger partial charge in [-0.2, -0.15) is 5.10 Å². The first kappa shape index (κ1) is 17.9. The van der Waals surface area contributed by atoms with Gasteiger partial charge in [0.15, 0.2) is 0 Å². The van der Waals surface area contributed by atoms with Crippen LogP contribution in [-0.4, -0.2) is 28.4 Å². The van der Waals surface area contributed by atoms with Gasteiger partial charge in [-0.25, -0.2) is 0 Å². The monoisotopic (exact) mass is 349 g/mol. The van der Waals surface area contributed by atoms with Crippen molar-refractivity contribution in [1.29, 1.82) is 0 Å². The summed E-state index contributed by atoms with van der Waals surface area (Å²) in [6, 6.07) is 10.5. The molecule has 5 nitrogen and oxygen atoms in total. The summed E-state index contributed by atoms with van der Waals surface area (Å²) in [6.07, 6.45) is 6.36. The van der Waals surface area contributed by atoms with Crippen molar-refractivity contribution in [2.75, 3.05) is 24.2 Å². The van der Waals surface area contributed by atoms with Crippen LogP contribution in [0, 0.1) is 0 Å². The van der Waals surface area contributed by atoms with E-state index in [-0.39, 0.29) is 0 Å². The molecule has 1 aromatic carbocycles. The molecular weight excluding hydrogens is 322 g/mol. The van der Waals surface area contributed by atoms with Crippen LogP contribution >= 0.6 is 0 Å². The topological polar surface area (TPSA) is 57.7 Å². The zero-order valence-electron chi connectivity index (χ0n) is 15.9. The zero-order chi connectivity index (χ0) is 18.5. The van der Waals surface area contributed by atoms with Gasteiger partial charge in [-0.3, -0.25) is 4.68 Å². The summed E-state index contributed by atoms with van der Waals surface area (Å²) in [5.41, 5.74) is 6.84. The molecule has 0 saturated heterocycles. The highest BCUT2D eigenvalue weighted by Gasteiger charge is 2.21. The number of fused-ring (bicyclic) bond motifs is 1. The van der Waals surface area contributed by atoms with E-state index in [9.17, 15) is 0 Å². The van der Waals surface area contributed by atoms with Gasteiger partial charge in [0.05, 0.1) is 0 Å². The van der Waals surface area contributed by atoms with Crippen molar-refractivity contribution in [2.24, 2.45) is 0 Å². The van der Waals surface area contributed by atoms with Gasteiger partial charge < -0.3 is 15.6 Å². The first-order valence-electron chi connectivity index (χ1n) is 9.28. The molecule has 0 atom stereocenters. The minimum absolute atomic E-state index is 0.816. The fourth-order valence-corrected chi connectivity index (χ4v) is 3.18. The molecule has 3 aromatic rings. The van der Waals surface area contributed by atoms with Crippen LogP contribution < -0.4 is 10.6 Å². The number of aromatic amines is 1. The van der Waals surface area contributed by atoms with E-state index in [4.69, 9.17) is 5.10 Å². The van der Waals surface area contributed by atoms with E-state index in [1.54, 1.807) is 0 Å². The summed E-state index contributed by atoms with van der Waals surface area (Å²) in [4.78, 5) is 3.27. The molecule has 1 aliphatic heterocycles. The van der Waals surface area contributed by atoms with Crippen LogP contribution in [0.5, 0.6) is 0 Å². The van der Waals surface area contributed by atoms with Gasteiger partial charge in [-0.1, -0.05) is 32.1 Å². The van der Waals surface area contributed by atoms with E-state index < -0.39 is 0 Å². The van der Waals surface area contributed by atoms with Gasteiger partial charge in [-0.05, 0) is 30.7 Å². The third-order valence-electron chi connectivity index (χ3n) is 4.42. The number of hydrogen-bond donors (Lipinski definition) is 3. The molecule has 3 heterocycles. The fourth-order valence-electron chi connectivity index (χ4n) is 3.18. The number of hydrogen-bond acceptors (Lipinski definition) is 3. The van der Waals surface area contributed by atoms with Crippen molar-refractivity contribution < 1.29 is 0 Å².